The first-order valence-electron chi connectivity index (χ1n) is 11.3. The van der Waals surface area contributed by atoms with Gasteiger partial charge in [-0.05, 0) is 62.1 Å². The second-order valence-corrected chi connectivity index (χ2v) is 9.67. The quantitative estimate of drug-likeness (QED) is 0.309. The van der Waals surface area contributed by atoms with E-state index in [0.717, 1.165) is 16.7 Å². The first kappa shape index (κ1) is 25.4. The molecule has 1 atom stereocenters. The molecule has 1 fully saturated rings. The molecule has 2 aromatic heterocycles. The number of carboxylic acids is 1. The van der Waals surface area contributed by atoms with E-state index in [2.05, 4.69) is 15.3 Å². The maximum Gasteiger partial charge on any atom is 0.328 e. The average molecular weight is 526 g/mol. The molecule has 1 saturated carbocycles. The molecule has 36 heavy (non-hydrogen) atoms. The van der Waals surface area contributed by atoms with Crippen molar-refractivity contribution in [3.05, 3.63) is 76.0 Å². The van der Waals surface area contributed by atoms with Gasteiger partial charge in [0.05, 0.1) is 22.2 Å². The Kier molecular flexibility index (Phi) is 8.35. The number of amides is 1. The van der Waals surface area contributed by atoms with Crippen molar-refractivity contribution in [1.29, 1.82) is 0 Å². The number of nitrogens with one attached hydrogen (secondary N) is 1. The average Bonchev–Trinajstić information content (AvgIpc) is 3.59. The number of aliphatic carboxylic acids is 1. The summed E-state index contributed by atoms with van der Waals surface area (Å²) in [4.78, 5) is 32.4. The first-order chi connectivity index (χ1) is 17.4. The van der Waals surface area contributed by atoms with E-state index in [1.807, 2.05) is 25.1 Å². The van der Waals surface area contributed by atoms with Crippen molar-refractivity contribution < 1.29 is 24.2 Å². The summed E-state index contributed by atoms with van der Waals surface area (Å²) in [6.07, 6.45) is 11.6. The van der Waals surface area contributed by atoms with Crippen LogP contribution in [0.2, 0.25) is 5.02 Å². The lowest BCUT2D eigenvalue weighted by molar-refractivity contribution is -0.131. The van der Waals surface area contributed by atoms with E-state index < -0.39 is 5.97 Å². The molecular formula is C26H24ClN3O5S. The lowest BCUT2D eigenvalue weighted by Crippen LogP contribution is -2.31. The third kappa shape index (κ3) is 7.66. The van der Waals surface area contributed by atoms with Gasteiger partial charge in [-0.3, -0.25) is 9.78 Å². The molecule has 8 nitrogen and oxygen atoms in total. The SMILES string of the molecule is C[C@@H](/C=C/c1cnc(Oc2ccc(OCC3CC3)cc2Cl)s1)NC(=O)c1ccnc(/C=C/C(=O)O)c1. The van der Waals surface area contributed by atoms with E-state index in [1.165, 1.54) is 42.5 Å². The van der Waals surface area contributed by atoms with Crippen molar-refractivity contribution in [3.8, 4) is 16.7 Å². The lowest BCUT2D eigenvalue weighted by atomic mass is 10.2. The molecule has 10 heteroatoms. The summed E-state index contributed by atoms with van der Waals surface area (Å²) in [6, 6.07) is 8.15. The highest BCUT2D eigenvalue weighted by Crippen LogP contribution is 2.35. The number of carbonyl (C=O) groups is 2. The maximum absolute atomic E-state index is 12.5. The molecule has 0 bridgehead atoms. The summed E-state index contributed by atoms with van der Waals surface area (Å²) in [5.41, 5.74) is 0.760. The highest BCUT2D eigenvalue weighted by atomic mass is 35.5. The van der Waals surface area contributed by atoms with E-state index in [4.69, 9.17) is 26.2 Å². The van der Waals surface area contributed by atoms with Crippen LogP contribution in [0.15, 0.2) is 54.9 Å². The van der Waals surface area contributed by atoms with Crippen LogP contribution >= 0.6 is 22.9 Å². The molecule has 2 heterocycles. The first-order valence-corrected chi connectivity index (χ1v) is 12.5. The fraction of sp³-hybridized carbons (Fsp3) is 0.231. The molecular weight excluding hydrogens is 502 g/mol. The van der Waals surface area contributed by atoms with Gasteiger partial charge in [0.1, 0.15) is 11.5 Å². The summed E-state index contributed by atoms with van der Waals surface area (Å²) < 4.78 is 11.6. The number of pyridine rings is 1. The Balaban J connectivity index is 1.30. The fourth-order valence-corrected chi connectivity index (χ4v) is 3.96. The Morgan fingerprint density at radius 2 is 2.08 bits per heavy atom. The van der Waals surface area contributed by atoms with Crippen molar-refractivity contribution in [2.45, 2.75) is 25.8 Å². The van der Waals surface area contributed by atoms with Gasteiger partial charge in [0.2, 0.25) is 0 Å². The van der Waals surface area contributed by atoms with Crippen LogP contribution in [0.3, 0.4) is 0 Å². The predicted molar refractivity (Wildman–Crippen MR) is 139 cm³/mol. The molecule has 1 amide bonds. The number of thiazole rings is 1. The van der Waals surface area contributed by atoms with Crippen LogP contribution < -0.4 is 14.8 Å². The van der Waals surface area contributed by atoms with Crippen molar-refractivity contribution in [2.75, 3.05) is 6.61 Å². The molecule has 0 spiro atoms. The summed E-state index contributed by atoms with van der Waals surface area (Å²) >= 11 is 7.69. The second-order valence-electron chi connectivity index (χ2n) is 8.24. The maximum atomic E-state index is 12.5. The summed E-state index contributed by atoms with van der Waals surface area (Å²) in [6.45, 7) is 2.55. The summed E-state index contributed by atoms with van der Waals surface area (Å²) in [5, 5.41) is 12.5. The van der Waals surface area contributed by atoms with Crippen LogP contribution in [0.1, 0.15) is 40.7 Å². The number of aromatic nitrogens is 2. The Labute approximate surface area is 217 Å². The molecule has 3 aromatic rings. The molecule has 0 aliphatic heterocycles. The lowest BCUT2D eigenvalue weighted by Gasteiger charge is -2.10. The van der Waals surface area contributed by atoms with Crippen LogP contribution in [0, 0.1) is 5.92 Å². The van der Waals surface area contributed by atoms with Gasteiger partial charge in [-0.2, -0.15) is 0 Å². The van der Waals surface area contributed by atoms with E-state index in [-0.39, 0.29) is 11.9 Å². The number of halogens is 1. The van der Waals surface area contributed by atoms with Crippen LogP contribution in [-0.4, -0.2) is 39.6 Å². The number of carboxylic acid groups (broad SMARTS) is 1. The Morgan fingerprint density at radius 1 is 1.25 bits per heavy atom. The minimum Gasteiger partial charge on any atom is -0.493 e. The van der Waals surface area contributed by atoms with Crippen LogP contribution in [0.4, 0.5) is 0 Å². The topological polar surface area (TPSA) is 111 Å². The summed E-state index contributed by atoms with van der Waals surface area (Å²) in [7, 11) is 0. The monoisotopic (exact) mass is 525 g/mol. The molecule has 2 N–H and O–H groups in total. The summed E-state index contributed by atoms with van der Waals surface area (Å²) in [5.74, 6) is 0.492. The minimum atomic E-state index is -1.09. The Bertz CT molecular complexity index is 1300. The van der Waals surface area contributed by atoms with Crippen molar-refractivity contribution in [2.24, 2.45) is 5.92 Å². The zero-order valence-corrected chi connectivity index (χ0v) is 21.0. The predicted octanol–water partition coefficient (Wildman–Crippen LogP) is 5.70. The van der Waals surface area contributed by atoms with Gasteiger partial charge in [0.15, 0.2) is 0 Å². The molecule has 1 aromatic carbocycles. The third-order valence-corrected chi connectivity index (χ3v) is 6.27. The fourth-order valence-electron chi connectivity index (χ4n) is 3.06. The molecule has 1 aliphatic rings. The molecule has 4 rings (SSSR count). The van der Waals surface area contributed by atoms with Gasteiger partial charge >= 0.3 is 5.97 Å². The van der Waals surface area contributed by atoms with E-state index in [1.54, 1.807) is 24.4 Å². The minimum absolute atomic E-state index is 0.271. The number of rotatable bonds is 11. The highest BCUT2D eigenvalue weighted by Gasteiger charge is 2.22. The van der Waals surface area contributed by atoms with Gasteiger partial charge < -0.3 is 19.9 Å². The van der Waals surface area contributed by atoms with Crippen molar-refractivity contribution in [3.63, 3.8) is 0 Å². The van der Waals surface area contributed by atoms with E-state index >= 15 is 0 Å². The molecule has 1 aliphatic carbocycles. The molecule has 0 saturated heterocycles. The Hall–Kier alpha value is -3.69. The highest BCUT2D eigenvalue weighted by molar-refractivity contribution is 7.14. The Morgan fingerprint density at radius 3 is 2.83 bits per heavy atom. The van der Waals surface area contributed by atoms with Gasteiger partial charge in [-0.15, -0.1) is 0 Å². The zero-order valence-electron chi connectivity index (χ0n) is 19.4. The van der Waals surface area contributed by atoms with Crippen LogP contribution in [-0.2, 0) is 4.79 Å². The van der Waals surface area contributed by atoms with Gasteiger partial charge in [0.25, 0.3) is 11.1 Å². The number of ether oxygens (including phenoxy) is 2. The largest absolute Gasteiger partial charge is 0.493 e. The van der Waals surface area contributed by atoms with E-state index in [0.29, 0.717) is 39.7 Å². The number of benzene rings is 1. The third-order valence-electron chi connectivity index (χ3n) is 5.13. The smallest absolute Gasteiger partial charge is 0.328 e. The van der Waals surface area contributed by atoms with Crippen molar-refractivity contribution in [1.82, 2.24) is 15.3 Å². The zero-order chi connectivity index (χ0) is 25.5. The van der Waals surface area contributed by atoms with Crippen LogP contribution in [0.25, 0.3) is 12.2 Å². The molecule has 0 radical (unpaired) electrons. The van der Waals surface area contributed by atoms with Crippen LogP contribution in [0.5, 0.6) is 16.7 Å². The van der Waals surface area contributed by atoms with E-state index in [9.17, 15) is 9.59 Å². The number of hydrogen-bond donors (Lipinski definition) is 2. The number of hydrogen-bond acceptors (Lipinski definition) is 7. The number of carbonyl (C=O) groups excluding carboxylic acids is 1. The van der Waals surface area contributed by atoms with Gasteiger partial charge in [-0.25, -0.2) is 9.78 Å². The molecule has 186 valence electrons. The standard InChI is InChI=1S/C26H24ClN3O5S/c1-16(30-25(33)18-10-11-28-19(12-18)5-9-24(31)32)2-7-21-14-29-26(36-21)35-23-8-6-20(13-22(23)27)34-15-17-3-4-17/h2,5-14,16-17H,3-4,15H2,1H3,(H,30,33)(H,31,32)/b7-2+,9-5+/t16-/m0/s1. The van der Waals surface area contributed by atoms with Crippen molar-refractivity contribution >= 4 is 47.0 Å². The molecule has 0 unspecified atom stereocenters. The normalized spacial score (nSPS) is 14.2. The second kappa shape index (κ2) is 11.8. The van der Waals surface area contributed by atoms with Gasteiger partial charge in [0, 0.05) is 36.1 Å². The van der Waals surface area contributed by atoms with Gasteiger partial charge in [-0.1, -0.05) is 29.0 Å². The number of nitrogens with zero attached hydrogens (tertiary/aromatic N) is 2.